The predicted molar refractivity (Wildman–Crippen MR) is 97.6 cm³/mol. The van der Waals surface area contributed by atoms with E-state index >= 15 is 0 Å². The zero-order valence-corrected chi connectivity index (χ0v) is 15.0. The molecule has 27 heavy (non-hydrogen) atoms. The molecule has 3 atom stereocenters. The highest BCUT2D eigenvalue weighted by molar-refractivity contribution is 5.68. The second-order valence-electron chi connectivity index (χ2n) is 6.99. The van der Waals surface area contributed by atoms with Crippen molar-refractivity contribution in [2.24, 2.45) is 0 Å². The van der Waals surface area contributed by atoms with Gasteiger partial charge in [0, 0.05) is 0 Å². The van der Waals surface area contributed by atoms with Gasteiger partial charge in [-0.2, -0.15) is 0 Å². The van der Waals surface area contributed by atoms with E-state index in [0.717, 1.165) is 48.2 Å². The highest BCUT2D eigenvalue weighted by atomic mass is 16.6. The van der Waals surface area contributed by atoms with Gasteiger partial charge in [-0.05, 0) is 35.4 Å². The smallest absolute Gasteiger partial charge is 0.161 e. The molecular formula is C21H22O6. The molecule has 5 rings (SSSR count). The number of rotatable bonds is 10. The number of hydrogen-bond donors (Lipinski definition) is 0. The van der Waals surface area contributed by atoms with Crippen LogP contribution in [0.4, 0.5) is 0 Å². The van der Waals surface area contributed by atoms with Gasteiger partial charge < -0.3 is 28.4 Å². The molecule has 0 bridgehead atoms. The fourth-order valence-electron chi connectivity index (χ4n) is 2.73. The highest BCUT2D eigenvalue weighted by Crippen LogP contribution is 2.35. The van der Waals surface area contributed by atoms with Crippen molar-refractivity contribution in [3.8, 4) is 28.4 Å². The minimum atomic E-state index is 0.189. The van der Waals surface area contributed by atoms with Crippen LogP contribution < -0.4 is 14.2 Å². The third-order valence-corrected chi connectivity index (χ3v) is 4.60. The maximum absolute atomic E-state index is 5.95. The van der Waals surface area contributed by atoms with Gasteiger partial charge in [0.05, 0.1) is 19.8 Å². The standard InChI is InChI=1S/C21H22O6/c1-2-14(6-16(3-1)22-8-17-9-23-17)15-4-5-20(26-12-18-10-24-18)21(7-15)27-13-19-11-25-19/h1-7,17-19H,8-13H2. The van der Waals surface area contributed by atoms with Crippen molar-refractivity contribution < 1.29 is 28.4 Å². The van der Waals surface area contributed by atoms with Gasteiger partial charge in [0.15, 0.2) is 11.5 Å². The van der Waals surface area contributed by atoms with Crippen molar-refractivity contribution in [2.45, 2.75) is 18.3 Å². The lowest BCUT2D eigenvalue weighted by molar-refractivity contribution is 0.228. The molecule has 0 spiro atoms. The molecule has 6 nitrogen and oxygen atoms in total. The average Bonchev–Trinajstić information content (AvgIpc) is 3.57. The van der Waals surface area contributed by atoms with E-state index in [1.54, 1.807) is 0 Å². The van der Waals surface area contributed by atoms with Gasteiger partial charge in [-0.3, -0.25) is 0 Å². The van der Waals surface area contributed by atoms with Crippen LogP contribution in [0.2, 0.25) is 0 Å². The Balaban J connectivity index is 1.33. The van der Waals surface area contributed by atoms with E-state index in [4.69, 9.17) is 28.4 Å². The van der Waals surface area contributed by atoms with Crippen molar-refractivity contribution in [1.29, 1.82) is 0 Å². The maximum atomic E-state index is 5.95. The summed E-state index contributed by atoms with van der Waals surface area (Å²) in [6.07, 6.45) is 0.633. The van der Waals surface area contributed by atoms with E-state index in [2.05, 4.69) is 6.07 Å². The number of benzene rings is 2. The number of epoxide rings is 3. The first-order chi connectivity index (χ1) is 13.3. The molecule has 6 heteroatoms. The topological polar surface area (TPSA) is 65.3 Å². The van der Waals surface area contributed by atoms with Crippen LogP contribution in [0.3, 0.4) is 0 Å². The van der Waals surface area contributed by atoms with Gasteiger partial charge in [0.1, 0.15) is 43.9 Å². The maximum Gasteiger partial charge on any atom is 0.161 e. The molecular weight excluding hydrogens is 348 g/mol. The second kappa shape index (κ2) is 7.38. The molecule has 3 fully saturated rings. The summed E-state index contributed by atoms with van der Waals surface area (Å²) in [6.45, 7) is 3.99. The van der Waals surface area contributed by atoms with Crippen LogP contribution in [-0.4, -0.2) is 58.0 Å². The Hall–Kier alpha value is -2.28. The highest BCUT2D eigenvalue weighted by Gasteiger charge is 2.26. The zero-order valence-electron chi connectivity index (χ0n) is 15.0. The van der Waals surface area contributed by atoms with E-state index in [0.29, 0.717) is 19.8 Å². The zero-order chi connectivity index (χ0) is 18.1. The first-order valence-corrected chi connectivity index (χ1v) is 9.31. The number of ether oxygens (including phenoxy) is 6. The minimum Gasteiger partial charge on any atom is -0.491 e. The van der Waals surface area contributed by atoms with E-state index in [1.807, 2.05) is 36.4 Å². The van der Waals surface area contributed by atoms with Gasteiger partial charge in [-0.25, -0.2) is 0 Å². The summed E-state index contributed by atoms with van der Waals surface area (Å²) in [6, 6.07) is 14.0. The molecule has 142 valence electrons. The lowest BCUT2D eigenvalue weighted by Crippen LogP contribution is -2.08. The average molecular weight is 370 g/mol. The van der Waals surface area contributed by atoms with Crippen LogP contribution in [0.1, 0.15) is 0 Å². The largest absolute Gasteiger partial charge is 0.491 e. The lowest BCUT2D eigenvalue weighted by Gasteiger charge is -2.14. The Labute approximate surface area is 157 Å². The normalized spacial score (nSPS) is 25.0. The summed E-state index contributed by atoms with van der Waals surface area (Å²) in [5, 5.41) is 0. The molecule has 3 saturated heterocycles. The van der Waals surface area contributed by atoms with E-state index in [-0.39, 0.29) is 18.3 Å². The monoisotopic (exact) mass is 370 g/mol. The SMILES string of the molecule is c1cc(OCC2CO2)cc(-c2ccc(OCC3CO3)c(OCC3CO3)c2)c1. The van der Waals surface area contributed by atoms with Gasteiger partial charge in [0.25, 0.3) is 0 Å². The molecule has 2 aromatic rings. The van der Waals surface area contributed by atoms with Crippen LogP contribution in [0.15, 0.2) is 42.5 Å². The summed E-state index contributed by atoms with van der Waals surface area (Å²) < 4.78 is 33.3. The van der Waals surface area contributed by atoms with Crippen LogP contribution >= 0.6 is 0 Å². The molecule has 3 aliphatic rings. The third-order valence-electron chi connectivity index (χ3n) is 4.60. The summed E-state index contributed by atoms with van der Waals surface area (Å²) >= 11 is 0. The van der Waals surface area contributed by atoms with Crippen molar-refractivity contribution in [2.75, 3.05) is 39.6 Å². The van der Waals surface area contributed by atoms with Crippen molar-refractivity contribution in [3.63, 3.8) is 0 Å². The van der Waals surface area contributed by atoms with E-state index in [1.165, 1.54) is 0 Å². The van der Waals surface area contributed by atoms with E-state index < -0.39 is 0 Å². The fraction of sp³-hybridized carbons (Fsp3) is 0.429. The van der Waals surface area contributed by atoms with Gasteiger partial charge in [-0.15, -0.1) is 0 Å². The summed E-state index contributed by atoms with van der Waals surface area (Å²) in [4.78, 5) is 0. The van der Waals surface area contributed by atoms with Crippen LogP contribution in [0.5, 0.6) is 17.2 Å². The summed E-state index contributed by atoms with van der Waals surface area (Å²) in [5.41, 5.74) is 2.11. The molecule has 0 amide bonds. The quantitative estimate of drug-likeness (QED) is 0.599. The lowest BCUT2D eigenvalue weighted by atomic mass is 10.0. The molecule has 0 N–H and O–H groups in total. The Morgan fingerprint density at radius 3 is 1.93 bits per heavy atom. The van der Waals surface area contributed by atoms with Crippen molar-refractivity contribution in [3.05, 3.63) is 42.5 Å². The molecule has 3 aliphatic heterocycles. The summed E-state index contributed by atoms with van der Waals surface area (Å²) in [5.74, 6) is 2.29. The molecule has 3 unspecified atom stereocenters. The van der Waals surface area contributed by atoms with Crippen molar-refractivity contribution in [1.82, 2.24) is 0 Å². The Morgan fingerprint density at radius 1 is 0.667 bits per heavy atom. The predicted octanol–water partition coefficient (Wildman–Crippen LogP) is 2.69. The van der Waals surface area contributed by atoms with Crippen LogP contribution in [0, 0.1) is 0 Å². The van der Waals surface area contributed by atoms with Gasteiger partial charge >= 0.3 is 0 Å². The van der Waals surface area contributed by atoms with E-state index in [9.17, 15) is 0 Å². The first-order valence-electron chi connectivity index (χ1n) is 9.31. The number of hydrogen-bond acceptors (Lipinski definition) is 6. The molecule has 0 aliphatic carbocycles. The van der Waals surface area contributed by atoms with Gasteiger partial charge in [-0.1, -0.05) is 18.2 Å². The third kappa shape index (κ3) is 4.71. The minimum absolute atomic E-state index is 0.189. The molecule has 0 aromatic heterocycles. The molecule has 0 radical (unpaired) electrons. The van der Waals surface area contributed by atoms with Crippen LogP contribution in [0.25, 0.3) is 11.1 Å². The van der Waals surface area contributed by atoms with Gasteiger partial charge in [0.2, 0.25) is 0 Å². The first kappa shape index (κ1) is 16.9. The summed E-state index contributed by atoms with van der Waals surface area (Å²) in [7, 11) is 0. The van der Waals surface area contributed by atoms with Crippen molar-refractivity contribution >= 4 is 0 Å². The fourth-order valence-corrected chi connectivity index (χ4v) is 2.73. The Kier molecular flexibility index (Phi) is 4.61. The molecule has 2 aromatic carbocycles. The molecule has 0 saturated carbocycles. The van der Waals surface area contributed by atoms with Crippen LogP contribution in [-0.2, 0) is 14.2 Å². The Bertz CT molecular complexity index is 795. The molecule has 3 heterocycles. The second-order valence-corrected chi connectivity index (χ2v) is 6.99. The Morgan fingerprint density at radius 2 is 1.26 bits per heavy atom.